The Labute approximate surface area is 126 Å². The third-order valence-corrected chi connectivity index (χ3v) is 5.42. The van der Waals surface area contributed by atoms with E-state index in [1.54, 1.807) is 0 Å². The van der Waals surface area contributed by atoms with Crippen molar-refractivity contribution in [2.45, 2.75) is 52.1 Å². The standard InChI is InChI=1S/C15H26N2O2S/c1-5-20-9-8-17-13(18)12(10(2)3)16-14(19)15(17,4)11-6-7-11/h10-12H,5-9H2,1-4H3,(H,16,19). The minimum absolute atomic E-state index is 0.0415. The second kappa shape index (κ2) is 5.96. The van der Waals surface area contributed by atoms with Gasteiger partial charge in [0.1, 0.15) is 11.6 Å². The number of thioether (sulfide) groups is 1. The number of nitrogens with zero attached hydrogens (tertiary/aromatic N) is 1. The van der Waals surface area contributed by atoms with Gasteiger partial charge in [-0.3, -0.25) is 9.59 Å². The predicted molar refractivity (Wildman–Crippen MR) is 82.6 cm³/mol. The number of carbonyl (C=O) groups is 2. The lowest BCUT2D eigenvalue weighted by Crippen LogP contribution is -2.71. The summed E-state index contributed by atoms with van der Waals surface area (Å²) in [6, 6.07) is -0.360. The Hall–Kier alpha value is -0.710. The summed E-state index contributed by atoms with van der Waals surface area (Å²) in [4.78, 5) is 27.2. The van der Waals surface area contributed by atoms with Crippen molar-refractivity contribution in [1.82, 2.24) is 10.2 Å². The molecule has 4 nitrogen and oxygen atoms in total. The van der Waals surface area contributed by atoms with Crippen molar-refractivity contribution in [2.24, 2.45) is 11.8 Å². The molecule has 0 aromatic carbocycles. The van der Waals surface area contributed by atoms with Gasteiger partial charge in [0.25, 0.3) is 0 Å². The molecule has 2 unspecified atom stereocenters. The zero-order valence-corrected chi connectivity index (χ0v) is 13.8. The van der Waals surface area contributed by atoms with E-state index in [1.807, 2.05) is 37.4 Å². The highest BCUT2D eigenvalue weighted by molar-refractivity contribution is 7.99. The van der Waals surface area contributed by atoms with Crippen molar-refractivity contribution < 1.29 is 9.59 Å². The predicted octanol–water partition coefficient (Wildman–Crippen LogP) is 1.89. The third kappa shape index (κ3) is 2.69. The lowest BCUT2D eigenvalue weighted by atomic mass is 9.86. The molecular formula is C15H26N2O2S. The van der Waals surface area contributed by atoms with Gasteiger partial charge in [0.15, 0.2) is 0 Å². The SMILES string of the molecule is CCSCCN1C(=O)C(C(C)C)NC(=O)C1(C)C1CC1. The maximum absolute atomic E-state index is 12.8. The first-order valence-electron chi connectivity index (χ1n) is 7.63. The molecule has 2 amide bonds. The van der Waals surface area contributed by atoms with Gasteiger partial charge in [0.05, 0.1) is 0 Å². The molecular weight excluding hydrogens is 272 g/mol. The molecule has 2 fully saturated rings. The molecule has 0 aromatic heterocycles. The first-order chi connectivity index (χ1) is 9.42. The van der Waals surface area contributed by atoms with Crippen molar-refractivity contribution in [2.75, 3.05) is 18.1 Å². The van der Waals surface area contributed by atoms with Gasteiger partial charge in [-0.1, -0.05) is 20.8 Å². The minimum atomic E-state index is -0.628. The summed E-state index contributed by atoms with van der Waals surface area (Å²) >= 11 is 1.82. The van der Waals surface area contributed by atoms with Crippen LogP contribution >= 0.6 is 11.8 Å². The van der Waals surface area contributed by atoms with E-state index in [1.165, 1.54) is 0 Å². The lowest BCUT2D eigenvalue weighted by molar-refractivity contribution is -0.158. The Morgan fingerprint density at radius 3 is 2.55 bits per heavy atom. The molecule has 1 aliphatic carbocycles. The van der Waals surface area contributed by atoms with Gasteiger partial charge in [0, 0.05) is 12.3 Å². The number of carbonyl (C=O) groups excluding carboxylic acids is 2. The van der Waals surface area contributed by atoms with E-state index in [0.717, 1.165) is 24.3 Å². The van der Waals surface area contributed by atoms with Crippen molar-refractivity contribution in [3.8, 4) is 0 Å². The van der Waals surface area contributed by atoms with Gasteiger partial charge in [-0.05, 0) is 37.4 Å². The van der Waals surface area contributed by atoms with Crippen molar-refractivity contribution in [1.29, 1.82) is 0 Å². The fourth-order valence-corrected chi connectivity index (χ4v) is 3.61. The van der Waals surface area contributed by atoms with Gasteiger partial charge < -0.3 is 10.2 Å². The van der Waals surface area contributed by atoms with Crippen molar-refractivity contribution >= 4 is 23.6 Å². The smallest absolute Gasteiger partial charge is 0.246 e. The quantitative estimate of drug-likeness (QED) is 0.762. The van der Waals surface area contributed by atoms with Crippen LogP contribution in [0.15, 0.2) is 0 Å². The van der Waals surface area contributed by atoms with Crippen LogP contribution < -0.4 is 5.32 Å². The molecule has 0 aromatic rings. The zero-order chi connectivity index (χ0) is 14.9. The summed E-state index contributed by atoms with van der Waals surface area (Å²) in [7, 11) is 0. The summed E-state index contributed by atoms with van der Waals surface area (Å²) in [5, 5.41) is 2.96. The lowest BCUT2D eigenvalue weighted by Gasteiger charge is -2.47. The fraction of sp³-hybridized carbons (Fsp3) is 0.867. The summed E-state index contributed by atoms with van der Waals surface area (Å²) in [6.07, 6.45) is 2.11. The molecule has 1 saturated carbocycles. The van der Waals surface area contributed by atoms with Crippen LogP contribution in [0.25, 0.3) is 0 Å². The van der Waals surface area contributed by atoms with Gasteiger partial charge >= 0.3 is 0 Å². The Kier molecular flexibility index (Phi) is 4.67. The molecule has 2 rings (SSSR count). The summed E-state index contributed by atoms with van der Waals surface area (Å²) < 4.78 is 0. The number of rotatable bonds is 6. The summed E-state index contributed by atoms with van der Waals surface area (Å²) in [6.45, 7) is 8.72. The Balaban J connectivity index is 2.21. The van der Waals surface area contributed by atoms with Crippen LogP contribution in [0, 0.1) is 11.8 Å². The zero-order valence-electron chi connectivity index (χ0n) is 12.9. The number of nitrogens with one attached hydrogen (secondary N) is 1. The van der Waals surface area contributed by atoms with Crippen LogP contribution in [-0.4, -0.2) is 46.3 Å². The van der Waals surface area contributed by atoms with Crippen LogP contribution in [0.2, 0.25) is 0 Å². The van der Waals surface area contributed by atoms with Crippen LogP contribution in [0.1, 0.15) is 40.5 Å². The number of hydrogen-bond donors (Lipinski definition) is 1. The van der Waals surface area contributed by atoms with Crippen molar-refractivity contribution in [3.63, 3.8) is 0 Å². The number of piperazine rings is 1. The molecule has 114 valence electrons. The van der Waals surface area contributed by atoms with Gasteiger partial charge in [-0.15, -0.1) is 0 Å². The monoisotopic (exact) mass is 298 g/mol. The fourth-order valence-electron chi connectivity index (χ4n) is 3.01. The van der Waals surface area contributed by atoms with Gasteiger partial charge in [-0.2, -0.15) is 11.8 Å². The molecule has 0 bridgehead atoms. The molecule has 5 heteroatoms. The maximum atomic E-state index is 12.8. The first-order valence-corrected chi connectivity index (χ1v) is 8.78. The summed E-state index contributed by atoms with van der Waals surface area (Å²) in [5.41, 5.74) is -0.628. The molecule has 1 aliphatic heterocycles. The average Bonchev–Trinajstić information content (AvgIpc) is 3.22. The normalized spacial score (nSPS) is 30.9. The topological polar surface area (TPSA) is 49.4 Å². The molecule has 0 radical (unpaired) electrons. The van der Waals surface area contributed by atoms with E-state index in [2.05, 4.69) is 12.2 Å². The molecule has 2 aliphatic rings. The highest BCUT2D eigenvalue weighted by Crippen LogP contribution is 2.45. The largest absolute Gasteiger partial charge is 0.342 e. The number of amides is 2. The van der Waals surface area contributed by atoms with E-state index in [9.17, 15) is 9.59 Å². The average molecular weight is 298 g/mol. The van der Waals surface area contributed by atoms with Gasteiger partial charge in [0.2, 0.25) is 11.8 Å². The van der Waals surface area contributed by atoms with Crippen LogP contribution in [0.4, 0.5) is 0 Å². The Morgan fingerprint density at radius 1 is 1.40 bits per heavy atom. The van der Waals surface area contributed by atoms with E-state index < -0.39 is 5.54 Å². The molecule has 2 atom stereocenters. The molecule has 0 spiro atoms. The first kappa shape index (κ1) is 15.7. The highest BCUT2D eigenvalue weighted by atomic mass is 32.2. The third-order valence-electron chi connectivity index (χ3n) is 4.54. The van der Waals surface area contributed by atoms with Crippen molar-refractivity contribution in [3.05, 3.63) is 0 Å². The minimum Gasteiger partial charge on any atom is -0.342 e. The van der Waals surface area contributed by atoms with E-state index in [4.69, 9.17) is 0 Å². The second-order valence-electron chi connectivity index (χ2n) is 6.30. The Morgan fingerprint density at radius 2 is 2.05 bits per heavy atom. The number of hydrogen-bond acceptors (Lipinski definition) is 3. The van der Waals surface area contributed by atoms with Crippen LogP contribution in [-0.2, 0) is 9.59 Å². The van der Waals surface area contributed by atoms with E-state index in [-0.39, 0.29) is 23.8 Å². The maximum Gasteiger partial charge on any atom is 0.246 e. The molecule has 20 heavy (non-hydrogen) atoms. The van der Waals surface area contributed by atoms with Crippen LogP contribution in [0.3, 0.4) is 0 Å². The van der Waals surface area contributed by atoms with Crippen LogP contribution in [0.5, 0.6) is 0 Å². The van der Waals surface area contributed by atoms with E-state index >= 15 is 0 Å². The Bertz CT molecular complexity index is 395. The summed E-state index contributed by atoms with van der Waals surface area (Å²) in [5.74, 6) is 2.57. The molecule has 1 saturated heterocycles. The van der Waals surface area contributed by atoms with Gasteiger partial charge in [-0.25, -0.2) is 0 Å². The molecule has 1 heterocycles. The van der Waals surface area contributed by atoms with E-state index in [0.29, 0.717) is 12.5 Å². The highest BCUT2D eigenvalue weighted by Gasteiger charge is 2.57. The molecule has 1 N–H and O–H groups in total. The second-order valence-corrected chi connectivity index (χ2v) is 7.70.